The monoisotopic (exact) mass is 324 g/mol. The average Bonchev–Trinajstić information content (AvgIpc) is 3.39. The highest BCUT2D eigenvalue weighted by Gasteiger charge is 2.29. The summed E-state index contributed by atoms with van der Waals surface area (Å²) in [6.45, 7) is 1.72. The molecule has 124 valence electrons. The largest absolute Gasteiger partial charge is 0.352 e. The van der Waals surface area contributed by atoms with E-state index in [0.717, 1.165) is 18.4 Å². The fraction of sp³-hybridized carbons (Fsp3) is 0.333. The molecule has 3 rings (SSSR count). The van der Waals surface area contributed by atoms with Gasteiger partial charge in [0.2, 0.25) is 5.91 Å². The molecule has 1 aromatic carbocycles. The van der Waals surface area contributed by atoms with Crippen LogP contribution in [0, 0.1) is 6.92 Å². The highest BCUT2D eigenvalue weighted by atomic mass is 16.2. The summed E-state index contributed by atoms with van der Waals surface area (Å²) in [6.07, 6.45) is 3.98. The zero-order valence-electron chi connectivity index (χ0n) is 13.5. The summed E-state index contributed by atoms with van der Waals surface area (Å²) >= 11 is 0. The van der Waals surface area contributed by atoms with E-state index in [9.17, 15) is 9.59 Å². The summed E-state index contributed by atoms with van der Waals surface area (Å²) in [4.78, 5) is 33.0. The highest BCUT2D eigenvalue weighted by molar-refractivity contribution is 5.96. The van der Waals surface area contributed by atoms with E-state index in [0.29, 0.717) is 12.2 Å². The summed E-state index contributed by atoms with van der Waals surface area (Å²) < 4.78 is 0. The Labute approximate surface area is 140 Å². The summed E-state index contributed by atoms with van der Waals surface area (Å²) in [5.41, 5.74) is 1.26. The lowest BCUT2D eigenvalue weighted by Crippen LogP contribution is -2.48. The van der Waals surface area contributed by atoms with Crippen molar-refractivity contribution in [1.82, 2.24) is 20.6 Å². The highest BCUT2D eigenvalue weighted by Crippen LogP contribution is 2.19. The molecule has 1 atom stereocenters. The van der Waals surface area contributed by atoms with Crippen molar-refractivity contribution in [2.75, 3.05) is 0 Å². The van der Waals surface area contributed by atoms with Crippen LogP contribution in [-0.4, -0.2) is 33.9 Å². The van der Waals surface area contributed by atoms with Gasteiger partial charge in [-0.1, -0.05) is 30.3 Å². The first-order chi connectivity index (χ1) is 11.6. The molecule has 0 saturated heterocycles. The van der Waals surface area contributed by atoms with E-state index >= 15 is 0 Å². The van der Waals surface area contributed by atoms with Crippen LogP contribution in [0.25, 0.3) is 0 Å². The fourth-order valence-corrected chi connectivity index (χ4v) is 2.40. The quantitative estimate of drug-likeness (QED) is 0.841. The third kappa shape index (κ3) is 4.38. The molecule has 1 aliphatic rings. The number of aryl methyl sites for hydroxylation is 1. The van der Waals surface area contributed by atoms with Crippen molar-refractivity contribution in [3.05, 3.63) is 59.7 Å². The number of nitrogens with zero attached hydrogens (tertiary/aromatic N) is 2. The van der Waals surface area contributed by atoms with Gasteiger partial charge in [-0.15, -0.1) is 0 Å². The smallest absolute Gasteiger partial charge is 0.270 e. The van der Waals surface area contributed by atoms with Crippen LogP contribution < -0.4 is 10.6 Å². The van der Waals surface area contributed by atoms with Gasteiger partial charge in [-0.05, 0) is 31.4 Å². The van der Waals surface area contributed by atoms with Crippen LogP contribution in [0.5, 0.6) is 0 Å². The lowest BCUT2D eigenvalue weighted by molar-refractivity contribution is -0.123. The molecule has 2 N–H and O–H groups in total. The van der Waals surface area contributed by atoms with Crippen LogP contribution in [0.3, 0.4) is 0 Å². The number of rotatable bonds is 6. The minimum absolute atomic E-state index is 0.152. The zero-order valence-corrected chi connectivity index (χ0v) is 13.5. The first kappa shape index (κ1) is 16.1. The SMILES string of the molecule is Cc1nccc(C(=O)NC(Cc2ccccc2)C(=O)NC2CC2)n1. The van der Waals surface area contributed by atoms with Crippen LogP contribution in [0.15, 0.2) is 42.6 Å². The Balaban J connectivity index is 1.73. The molecule has 1 fully saturated rings. The Hall–Kier alpha value is -2.76. The number of carbonyl (C=O) groups excluding carboxylic acids is 2. The standard InChI is InChI=1S/C18H20N4O2/c1-12-19-10-9-15(20-12)17(23)22-16(18(24)21-14-7-8-14)11-13-5-3-2-4-6-13/h2-6,9-10,14,16H,7-8,11H2,1H3,(H,21,24)(H,22,23). The Morgan fingerprint density at radius 1 is 1.21 bits per heavy atom. The van der Waals surface area contributed by atoms with Crippen molar-refractivity contribution in [1.29, 1.82) is 0 Å². The van der Waals surface area contributed by atoms with Gasteiger partial charge >= 0.3 is 0 Å². The van der Waals surface area contributed by atoms with Crippen LogP contribution in [-0.2, 0) is 11.2 Å². The van der Waals surface area contributed by atoms with E-state index < -0.39 is 6.04 Å². The molecule has 2 amide bonds. The van der Waals surface area contributed by atoms with Crippen LogP contribution >= 0.6 is 0 Å². The van der Waals surface area contributed by atoms with E-state index in [1.54, 1.807) is 13.0 Å². The Kier molecular flexibility index (Phi) is 4.84. The van der Waals surface area contributed by atoms with Gasteiger partial charge < -0.3 is 10.6 Å². The van der Waals surface area contributed by atoms with Crippen molar-refractivity contribution in [3.63, 3.8) is 0 Å². The predicted octanol–water partition coefficient (Wildman–Crippen LogP) is 1.40. The van der Waals surface area contributed by atoms with Gasteiger partial charge in [0.15, 0.2) is 0 Å². The second-order valence-electron chi connectivity index (χ2n) is 5.99. The zero-order chi connectivity index (χ0) is 16.9. The van der Waals surface area contributed by atoms with Gasteiger partial charge in [0.05, 0.1) is 0 Å². The molecule has 0 spiro atoms. The maximum atomic E-state index is 12.5. The number of amides is 2. The molecule has 24 heavy (non-hydrogen) atoms. The second kappa shape index (κ2) is 7.21. The molecule has 1 saturated carbocycles. The molecule has 2 aromatic rings. The first-order valence-corrected chi connectivity index (χ1v) is 8.06. The topological polar surface area (TPSA) is 84.0 Å². The molecule has 6 heteroatoms. The van der Waals surface area contributed by atoms with Crippen LogP contribution in [0.2, 0.25) is 0 Å². The molecule has 0 radical (unpaired) electrons. The predicted molar refractivity (Wildman–Crippen MR) is 89.3 cm³/mol. The minimum Gasteiger partial charge on any atom is -0.352 e. The molecule has 0 bridgehead atoms. The van der Waals surface area contributed by atoms with Crippen molar-refractivity contribution in [3.8, 4) is 0 Å². The van der Waals surface area contributed by atoms with Gasteiger partial charge in [0, 0.05) is 18.7 Å². The first-order valence-electron chi connectivity index (χ1n) is 8.06. The summed E-state index contributed by atoms with van der Waals surface area (Å²) in [5.74, 6) is -0.00227. The molecule has 0 aliphatic heterocycles. The van der Waals surface area contributed by atoms with Gasteiger partial charge in [-0.2, -0.15) is 0 Å². The van der Waals surface area contributed by atoms with Gasteiger partial charge in [0.1, 0.15) is 17.6 Å². The summed E-state index contributed by atoms with van der Waals surface area (Å²) in [5, 5.41) is 5.76. The van der Waals surface area contributed by atoms with E-state index in [1.807, 2.05) is 30.3 Å². The Bertz CT molecular complexity index is 729. The summed E-state index contributed by atoms with van der Waals surface area (Å²) in [6, 6.07) is 10.8. The molecule has 1 unspecified atom stereocenters. The fourth-order valence-electron chi connectivity index (χ4n) is 2.40. The van der Waals surface area contributed by atoms with E-state index in [2.05, 4.69) is 20.6 Å². The lowest BCUT2D eigenvalue weighted by Gasteiger charge is -2.18. The van der Waals surface area contributed by atoms with Crippen molar-refractivity contribution in [2.24, 2.45) is 0 Å². The Morgan fingerprint density at radius 3 is 2.62 bits per heavy atom. The second-order valence-corrected chi connectivity index (χ2v) is 5.99. The van der Waals surface area contributed by atoms with Gasteiger partial charge in [-0.25, -0.2) is 9.97 Å². The van der Waals surface area contributed by atoms with Crippen molar-refractivity contribution >= 4 is 11.8 Å². The molecule has 1 aromatic heterocycles. The van der Waals surface area contributed by atoms with E-state index in [1.165, 1.54) is 6.20 Å². The number of benzene rings is 1. The van der Waals surface area contributed by atoms with Gasteiger partial charge in [0.25, 0.3) is 5.91 Å². The number of hydrogen-bond donors (Lipinski definition) is 2. The maximum absolute atomic E-state index is 12.5. The molecule has 1 heterocycles. The van der Waals surface area contributed by atoms with Crippen LogP contribution in [0.1, 0.15) is 34.7 Å². The third-order valence-corrected chi connectivity index (χ3v) is 3.84. The number of hydrogen-bond acceptors (Lipinski definition) is 4. The number of aromatic nitrogens is 2. The lowest BCUT2D eigenvalue weighted by atomic mass is 10.0. The van der Waals surface area contributed by atoms with Crippen LogP contribution in [0.4, 0.5) is 0 Å². The van der Waals surface area contributed by atoms with Crippen molar-refractivity contribution in [2.45, 2.75) is 38.3 Å². The summed E-state index contributed by atoms with van der Waals surface area (Å²) in [7, 11) is 0. The minimum atomic E-state index is -0.629. The number of nitrogens with one attached hydrogen (secondary N) is 2. The molecule has 1 aliphatic carbocycles. The van der Waals surface area contributed by atoms with Gasteiger partial charge in [-0.3, -0.25) is 9.59 Å². The Morgan fingerprint density at radius 2 is 1.96 bits per heavy atom. The third-order valence-electron chi connectivity index (χ3n) is 3.84. The molecular weight excluding hydrogens is 304 g/mol. The maximum Gasteiger partial charge on any atom is 0.270 e. The van der Waals surface area contributed by atoms with E-state index in [4.69, 9.17) is 0 Å². The van der Waals surface area contributed by atoms with E-state index in [-0.39, 0.29) is 23.6 Å². The normalized spacial score (nSPS) is 14.7. The number of carbonyl (C=O) groups is 2. The molecule has 6 nitrogen and oxygen atoms in total. The average molecular weight is 324 g/mol. The molecular formula is C18H20N4O2. The van der Waals surface area contributed by atoms with Crippen molar-refractivity contribution < 1.29 is 9.59 Å².